The maximum atomic E-state index is 13.3. The van der Waals surface area contributed by atoms with Crippen molar-refractivity contribution in [1.29, 1.82) is 0 Å². The number of aromatic carboxylic acids is 1. The molecule has 0 saturated carbocycles. The van der Waals surface area contributed by atoms with Gasteiger partial charge in [0.25, 0.3) is 5.91 Å². The monoisotopic (exact) mass is 352 g/mol. The van der Waals surface area contributed by atoms with Gasteiger partial charge in [-0.05, 0) is 52.3 Å². The number of anilines is 2. The van der Waals surface area contributed by atoms with Crippen LogP contribution in [0.2, 0.25) is 0 Å². The molecule has 0 spiro atoms. The molecule has 0 bridgehead atoms. The summed E-state index contributed by atoms with van der Waals surface area (Å²) in [7, 11) is 0. The second-order valence-electron chi connectivity index (χ2n) is 4.19. The molecule has 0 saturated heterocycles. The van der Waals surface area contributed by atoms with Crippen LogP contribution in [0.4, 0.5) is 15.8 Å². The maximum absolute atomic E-state index is 13.3. The number of hydrogen-bond donors (Lipinski definition) is 3. The first-order valence-corrected chi connectivity index (χ1v) is 6.57. The van der Waals surface area contributed by atoms with Crippen molar-refractivity contribution in [2.24, 2.45) is 0 Å². The van der Waals surface area contributed by atoms with Gasteiger partial charge in [0.1, 0.15) is 5.82 Å². The number of nitrogens with two attached hydrogens (primary N) is 1. The van der Waals surface area contributed by atoms with Crippen molar-refractivity contribution >= 4 is 39.2 Å². The molecule has 1 amide bonds. The van der Waals surface area contributed by atoms with Crippen molar-refractivity contribution < 1.29 is 19.1 Å². The molecule has 0 aliphatic carbocycles. The van der Waals surface area contributed by atoms with E-state index in [1.54, 1.807) is 0 Å². The summed E-state index contributed by atoms with van der Waals surface area (Å²) < 4.78 is 13.8. The van der Waals surface area contributed by atoms with Crippen molar-refractivity contribution in [2.45, 2.75) is 0 Å². The fraction of sp³-hybridized carbons (Fsp3) is 0. The van der Waals surface area contributed by atoms with E-state index >= 15 is 0 Å². The molecule has 0 aromatic heterocycles. The number of carboxylic acids is 1. The molecule has 2 aromatic carbocycles. The van der Waals surface area contributed by atoms with Crippen LogP contribution in [0, 0.1) is 5.82 Å². The third-order valence-corrected chi connectivity index (χ3v) is 3.42. The van der Waals surface area contributed by atoms with Crippen molar-refractivity contribution in [2.75, 3.05) is 11.1 Å². The van der Waals surface area contributed by atoms with E-state index in [1.807, 2.05) is 0 Å². The van der Waals surface area contributed by atoms with Crippen LogP contribution in [0.3, 0.4) is 0 Å². The Morgan fingerprint density at radius 3 is 2.43 bits per heavy atom. The predicted octanol–water partition coefficient (Wildman–Crippen LogP) is 3.12. The first-order valence-electron chi connectivity index (χ1n) is 5.77. The Labute approximate surface area is 127 Å². The highest BCUT2D eigenvalue weighted by molar-refractivity contribution is 9.10. The topological polar surface area (TPSA) is 92.4 Å². The summed E-state index contributed by atoms with van der Waals surface area (Å²) in [5, 5.41) is 11.4. The SMILES string of the molecule is Nc1ccc(C(=O)Nc2cc(C(=O)O)ccc2Br)cc1F. The summed E-state index contributed by atoms with van der Waals surface area (Å²) >= 11 is 3.20. The zero-order valence-electron chi connectivity index (χ0n) is 10.6. The van der Waals surface area contributed by atoms with Gasteiger partial charge in [-0.3, -0.25) is 4.79 Å². The Morgan fingerprint density at radius 2 is 1.81 bits per heavy atom. The van der Waals surface area contributed by atoms with Crippen molar-refractivity contribution in [3.63, 3.8) is 0 Å². The number of carboxylic acid groups (broad SMARTS) is 1. The summed E-state index contributed by atoms with van der Waals surface area (Å²) in [4.78, 5) is 22.9. The second-order valence-corrected chi connectivity index (χ2v) is 5.04. The van der Waals surface area contributed by atoms with E-state index < -0.39 is 17.7 Å². The number of nitrogen functional groups attached to an aromatic ring is 1. The highest BCUT2D eigenvalue weighted by Gasteiger charge is 2.12. The molecule has 2 aromatic rings. The molecule has 0 atom stereocenters. The van der Waals surface area contributed by atoms with Gasteiger partial charge in [-0.1, -0.05) is 0 Å². The van der Waals surface area contributed by atoms with Crippen molar-refractivity contribution in [3.05, 3.63) is 57.8 Å². The van der Waals surface area contributed by atoms with Crippen LogP contribution in [0.5, 0.6) is 0 Å². The molecule has 0 aliphatic heterocycles. The number of hydrogen-bond acceptors (Lipinski definition) is 3. The molecule has 0 radical (unpaired) electrons. The van der Waals surface area contributed by atoms with E-state index in [9.17, 15) is 14.0 Å². The van der Waals surface area contributed by atoms with Gasteiger partial charge in [0.15, 0.2) is 0 Å². The molecule has 0 aliphatic rings. The molecule has 0 fully saturated rings. The number of rotatable bonds is 3. The predicted molar refractivity (Wildman–Crippen MR) is 79.9 cm³/mol. The summed E-state index contributed by atoms with van der Waals surface area (Å²) in [6.45, 7) is 0. The highest BCUT2D eigenvalue weighted by atomic mass is 79.9. The standard InChI is InChI=1S/C14H10BrFN2O3/c15-9-3-1-8(14(20)21)6-12(9)18-13(19)7-2-4-11(17)10(16)5-7/h1-6H,17H2,(H,18,19)(H,20,21). The third-order valence-electron chi connectivity index (χ3n) is 2.72. The number of carbonyl (C=O) groups is 2. The van der Waals surface area contributed by atoms with Crippen molar-refractivity contribution in [3.8, 4) is 0 Å². The number of nitrogens with one attached hydrogen (secondary N) is 1. The lowest BCUT2D eigenvalue weighted by atomic mass is 10.1. The van der Waals surface area contributed by atoms with Crippen LogP contribution in [0.1, 0.15) is 20.7 Å². The summed E-state index contributed by atoms with van der Waals surface area (Å²) in [6, 6.07) is 7.88. The summed E-state index contributed by atoms with van der Waals surface area (Å²) in [6.07, 6.45) is 0. The van der Waals surface area contributed by atoms with Crippen LogP contribution >= 0.6 is 15.9 Å². The average Bonchev–Trinajstić information content (AvgIpc) is 2.43. The number of amides is 1. The van der Waals surface area contributed by atoms with E-state index in [0.717, 1.165) is 6.07 Å². The van der Waals surface area contributed by atoms with Crippen LogP contribution in [-0.4, -0.2) is 17.0 Å². The molecule has 108 valence electrons. The third kappa shape index (κ3) is 3.38. The number of carbonyl (C=O) groups excluding carboxylic acids is 1. The summed E-state index contributed by atoms with van der Waals surface area (Å²) in [5.41, 5.74) is 5.66. The molecule has 7 heteroatoms. The van der Waals surface area contributed by atoms with Crippen LogP contribution in [0.15, 0.2) is 40.9 Å². The van der Waals surface area contributed by atoms with Gasteiger partial charge in [-0.25, -0.2) is 9.18 Å². The zero-order chi connectivity index (χ0) is 15.6. The molecule has 2 rings (SSSR count). The Morgan fingerprint density at radius 1 is 1.14 bits per heavy atom. The Kier molecular flexibility index (Phi) is 4.23. The Hall–Kier alpha value is -2.41. The molecule has 5 nitrogen and oxygen atoms in total. The molecular formula is C14H10BrFN2O3. The first kappa shape index (κ1) is 15.0. The van der Waals surface area contributed by atoms with Gasteiger partial charge in [0, 0.05) is 10.0 Å². The minimum atomic E-state index is -1.11. The van der Waals surface area contributed by atoms with E-state index in [-0.39, 0.29) is 22.5 Å². The molecule has 4 N–H and O–H groups in total. The molecule has 21 heavy (non-hydrogen) atoms. The molecule has 0 unspecified atom stereocenters. The normalized spacial score (nSPS) is 10.2. The van der Waals surface area contributed by atoms with Crippen molar-refractivity contribution in [1.82, 2.24) is 0 Å². The lowest BCUT2D eigenvalue weighted by molar-refractivity contribution is 0.0696. The molecule has 0 heterocycles. The van der Waals surface area contributed by atoms with Crippen LogP contribution in [0.25, 0.3) is 0 Å². The molecular weight excluding hydrogens is 343 g/mol. The Balaban J connectivity index is 2.28. The van der Waals surface area contributed by atoms with E-state index in [0.29, 0.717) is 4.47 Å². The van der Waals surface area contributed by atoms with E-state index in [2.05, 4.69) is 21.2 Å². The highest BCUT2D eigenvalue weighted by Crippen LogP contribution is 2.24. The van der Waals surface area contributed by atoms with Gasteiger partial charge in [0.05, 0.1) is 16.9 Å². The lowest BCUT2D eigenvalue weighted by Gasteiger charge is -2.09. The number of halogens is 2. The second kappa shape index (κ2) is 5.92. The minimum Gasteiger partial charge on any atom is -0.478 e. The lowest BCUT2D eigenvalue weighted by Crippen LogP contribution is -2.13. The number of benzene rings is 2. The average molecular weight is 353 g/mol. The van der Waals surface area contributed by atoms with E-state index in [1.165, 1.54) is 30.3 Å². The van der Waals surface area contributed by atoms with Gasteiger partial charge in [0.2, 0.25) is 0 Å². The fourth-order valence-corrected chi connectivity index (χ4v) is 1.96. The fourth-order valence-electron chi connectivity index (χ4n) is 1.62. The largest absolute Gasteiger partial charge is 0.478 e. The Bertz CT molecular complexity index is 734. The van der Waals surface area contributed by atoms with Gasteiger partial charge < -0.3 is 16.2 Å². The van der Waals surface area contributed by atoms with Gasteiger partial charge >= 0.3 is 5.97 Å². The van der Waals surface area contributed by atoms with Gasteiger partial charge in [-0.15, -0.1) is 0 Å². The van der Waals surface area contributed by atoms with Crippen LogP contribution in [-0.2, 0) is 0 Å². The zero-order valence-corrected chi connectivity index (χ0v) is 12.1. The van der Waals surface area contributed by atoms with Crippen LogP contribution < -0.4 is 11.1 Å². The van der Waals surface area contributed by atoms with Gasteiger partial charge in [-0.2, -0.15) is 0 Å². The van der Waals surface area contributed by atoms with E-state index in [4.69, 9.17) is 10.8 Å². The summed E-state index contributed by atoms with van der Waals surface area (Å²) in [5.74, 6) is -2.38. The first-order chi connectivity index (χ1) is 9.88. The maximum Gasteiger partial charge on any atom is 0.335 e. The quantitative estimate of drug-likeness (QED) is 0.740. The smallest absolute Gasteiger partial charge is 0.335 e. The minimum absolute atomic E-state index is 0.0250.